The number of carbonyl (C=O) groups is 3. The molecule has 33 heavy (non-hydrogen) atoms. The predicted octanol–water partition coefficient (Wildman–Crippen LogP) is 0.442. The van der Waals surface area contributed by atoms with Gasteiger partial charge in [-0.05, 0) is 61.6 Å². The molecule has 1 aliphatic carbocycles. The molecule has 0 spiro atoms. The first kappa shape index (κ1) is 25.0. The number of carbonyl (C=O) groups excluding carboxylic acids is 3. The Morgan fingerprint density at radius 3 is 2.42 bits per heavy atom. The normalized spacial score (nSPS) is 26.5. The molecule has 3 amide bonds. The zero-order valence-corrected chi connectivity index (χ0v) is 19.2. The minimum atomic E-state index is -1.38. The molecule has 1 saturated heterocycles. The highest BCUT2D eigenvalue weighted by atomic mass is 16.3. The molecule has 3 rings (SSSR count). The molecule has 6 atom stereocenters. The van der Waals surface area contributed by atoms with Gasteiger partial charge in [-0.2, -0.15) is 0 Å². The van der Waals surface area contributed by atoms with Crippen molar-refractivity contribution in [1.82, 2.24) is 10.2 Å². The Morgan fingerprint density at radius 1 is 1.15 bits per heavy atom. The number of benzene rings is 1. The lowest BCUT2D eigenvalue weighted by molar-refractivity contribution is -0.145. The lowest BCUT2D eigenvalue weighted by Crippen LogP contribution is -2.57. The van der Waals surface area contributed by atoms with Crippen LogP contribution < -0.4 is 11.1 Å². The molecule has 1 heterocycles. The Hall–Kier alpha value is -2.65. The van der Waals surface area contributed by atoms with E-state index in [4.69, 9.17) is 5.73 Å². The summed E-state index contributed by atoms with van der Waals surface area (Å²) in [6.07, 6.45) is 0.620. The number of hydrogen-bond donors (Lipinski definition) is 5. The van der Waals surface area contributed by atoms with Crippen LogP contribution in [0.5, 0.6) is 5.75 Å². The van der Waals surface area contributed by atoms with Crippen LogP contribution in [0.25, 0.3) is 0 Å². The summed E-state index contributed by atoms with van der Waals surface area (Å²) in [5.74, 6) is -1.44. The second kappa shape index (κ2) is 10.5. The van der Waals surface area contributed by atoms with Crippen molar-refractivity contribution in [3.05, 3.63) is 29.8 Å². The summed E-state index contributed by atoms with van der Waals surface area (Å²) in [5, 5.41) is 32.7. The van der Waals surface area contributed by atoms with E-state index >= 15 is 0 Å². The first-order chi connectivity index (χ1) is 15.6. The molecule has 0 aromatic heterocycles. The number of amides is 3. The lowest BCUT2D eigenvalue weighted by Gasteiger charge is -2.37. The Labute approximate surface area is 194 Å². The third-order valence-corrected chi connectivity index (χ3v) is 6.72. The summed E-state index contributed by atoms with van der Waals surface area (Å²) in [6, 6.07) is 4.16. The van der Waals surface area contributed by atoms with Gasteiger partial charge in [0.25, 0.3) is 0 Å². The van der Waals surface area contributed by atoms with Gasteiger partial charge in [-0.3, -0.25) is 14.4 Å². The number of primary amides is 1. The van der Waals surface area contributed by atoms with E-state index in [9.17, 15) is 29.7 Å². The zero-order valence-electron chi connectivity index (χ0n) is 19.2. The van der Waals surface area contributed by atoms with Crippen molar-refractivity contribution in [3.8, 4) is 5.75 Å². The topological polar surface area (TPSA) is 153 Å². The van der Waals surface area contributed by atoms with Gasteiger partial charge < -0.3 is 31.3 Å². The highest BCUT2D eigenvalue weighted by Crippen LogP contribution is 2.40. The van der Waals surface area contributed by atoms with Crippen LogP contribution in [-0.4, -0.2) is 68.3 Å². The minimum absolute atomic E-state index is 0.0270. The fraction of sp³-hybridized carbons (Fsp3) is 0.625. The second-order valence-electron chi connectivity index (χ2n) is 9.77. The number of aliphatic hydroxyl groups excluding tert-OH is 2. The molecule has 1 aromatic carbocycles. The van der Waals surface area contributed by atoms with Gasteiger partial charge in [0.1, 0.15) is 23.9 Å². The van der Waals surface area contributed by atoms with Crippen LogP contribution in [0.15, 0.2) is 24.3 Å². The maximum absolute atomic E-state index is 13.6. The quantitative estimate of drug-likeness (QED) is 0.379. The van der Waals surface area contributed by atoms with Crippen LogP contribution >= 0.6 is 0 Å². The maximum Gasteiger partial charge on any atom is 0.249 e. The van der Waals surface area contributed by atoms with Crippen molar-refractivity contribution in [1.29, 1.82) is 0 Å². The maximum atomic E-state index is 13.6. The number of fused-ring (bicyclic) bond motifs is 1. The number of hydrogen-bond acceptors (Lipinski definition) is 6. The van der Waals surface area contributed by atoms with Crippen molar-refractivity contribution >= 4 is 17.7 Å². The monoisotopic (exact) mass is 461 g/mol. The molecule has 2 fully saturated rings. The van der Waals surface area contributed by atoms with Gasteiger partial charge in [-0.15, -0.1) is 0 Å². The van der Waals surface area contributed by atoms with Crippen LogP contribution in [0.1, 0.15) is 51.5 Å². The van der Waals surface area contributed by atoms with Crippen LogP contribution in [-0.2, 0) is 20.8 Å². The predicted molar refractivity (Wildman–Crippen MR) is 121 cm³/mol. The third kappa shape index (κ3) is 6.03. The smallest absolute Gasteiger partial charge is 0.249 e. The second-order valence-corrected chi connectivity index (χ2v) is 9.77. The van der Waals surface area contributed by atoms with Crippen molar-refractivity contribution < 1.29 is 29.7 Å². The van der Waals surface area contributed by atoms with Crippen LogP contribution in [0, 0.1) is 11.8 Å². The van der Waals surface area contributed by atoms with Crippen LogP contribution in [0.3, 0.4) is 0 Å². The van der Waals surface area contributed by atoms with E-state index < -0.39 is 42.0 Å². The molecule has 0 unspecified atom stereocenters. The molecule has 9 nitrogen and oxygen atoms in total. The Morgan fingerprint density at radius 2 is 1.82 bits per heavy atom. The van der Waals surface area contributed by atoms with Gasteiger partial charge in [0.2, 0.25) is 17.7 Å². The molecule has 182 valence electrons. The van der Waals surface area contributed by atoms with Gasteiger partial charge in [0.05, 0.1) is 6.10 Å². The number of aliphatic hydroxyl groups is 2. The lowest BCUT2D eigenvalue weighted by atomic mass is 9.83. The third-order valence-electron chi connectivity index (χ3n) is 6.72. The van der Waals surface area contributed by atoms with Crippen molar-refractivity contribution in [2.24, 2.45) is 17.6 Å². The summed E-state index contributed by atoms with van der Waals surface area (Å²) in [7, 11) is 0. The summed E-state index contributed by atoms with van der Waals surface area (Å²) in [6.45, 7) is 3.84. The molecule has 6 N–H and O–H groups in total. The standard InChI is InChI=1S/C24H35N3O6/c1-13(2)9-18(26-23(32)21(30)10-14-3-6-16(28)7-4-14)24(33)27-19-12-17(29)8-5-15(19)11-20(27)22(25)31/h3-4,6-7,13,15,17-21,28-30H,5,8-12H2,1-2H3,(H2,25,31)(H,26,32)/t15-,17+,18+,19-,20-,21+/m0/s1. The van der Waals surface area contributed by atoms with Crippen molar-refractivity contribution in [3.63, 3.8) is 0 Å². The summed E-state index contributed by atoms with van der Waals surface area (Å²) in [5.41, 5.74) is 6.28. The van der Waals surface area contributed by atoms with E-state index in [1.807, 2.05) is 13.8 Å². The van der Waals surface area contributed by atoms with Crippen LogP contribution in [0.4, 0.5) is 0 Å². The molecule has 1 aromatic rings. The Kier molecular flexibility index (Phi) is 7.97. The average Bonchev–Trinajstić information content (AvgIpc) is 3.12. The average molecular weight is 462 g/mol. The molecule has 1 aliphatic heterocycles. The molecule has 1 saturated carbocycles. The number of likely N-dealkylation sites (tertiary alicyclic amines) is 1. The van der Waals surface area contributed by atoms with E-state index in [-0.39, 0.29) is 30.0 Å². The van der Waals surface area contributed by atoms with E-state index in [0.29, 0.717) is 37.7 Å². The zero-order chi connectivity index (χ0) is 24.3. The van der Waals surface area contributed by atoms with Gasteiger partial charge in [0, 0.05) is 12.5 Å². The Balaban J connectivity index is 1.76. The number of phenols is 1. The van der Waals surface area contributed by atoms with E-state index in [1.165, 1.54) is 17.0 Å². The fourth-order valence-electron chi connectivity index (χ4n) is 5.09. The first-order valence-electron chi connectivity index (χ1n) is 11.6. The highest BCUT2D eigenvalue weighted by molar-refractivity contribution is 5.93. The highest BCUT2D eigenvalue weighted by Gasteiger charge is 2.49. The van der Waals surface area contributed by atoms with Gasteiger partial charge in [0.15, 0.2) is 0 Å². The summed E-state index contributed by atoms with van der Waals surface area (Å²) in [4.78, 5) is 40.0. The van der Waals surface area contributed by atoms with Gasteiger partial charge in [-0.25, -0.2) is 0 Å². The number of nitrogens with one attached hydrogen (secondary N) is 1. The van der Waals surface area contributed by atoms with Gasteiger partial charge in [-0.1, -0.05) is 26.0 Å². The molecule has 0 bridgehead atoms. The number of rotatable bonds is 8. The van der Waals surface area contributed by atoms with E-state index in [2.05, 4.69) is 5.32 Å². The molecular formula is C24H35N3O6. The SMILES string of the molecule is CC(C)C[C@@H](NC(=O)[C@H](O)Cc1ccc(O)cc1)C(=O)N1[C@H](C(N)=O)C[C@@H]2CC[C@@H](O)C[C@@H]21. The van der Waals surface area contributed by atoms with E-state index in [0.717, 1.165) is 0 Å². The van der Waals surface area contributed by atoms with Crippen molar-refractivity contribution in [2.45, 2.75) is 82.7 Å². The van der Waals surface area contributed by atoms with Gasteiger partial charge >= 0.3 is 0 Å². The van der Waals surface area contributed by atoms with E-state index in [1.54, 1.807) is 12.1 Å². The summed E-state index contributed by atoms with van der Waals surface area (Å²) >= 11 is 0. The van der Waals surface area contributed by atoms with Crippen LogP contribution in [0.2, 0.25) is 0 Å². The molecule has 0 radical (unpaired) electrons. The fourth-order valence-corrected chi connectivity index (χ4v) is 5.09. The van der Waals surface area contributed by atoms with Crippen molar-refractivity contribution in [2.75, 3.05) is 0 Å². The minimum Gasteiger partial charge on any atom is -0.508 e. The molecule has 2 aliphatic rings. The summed E-state index contributed by atoms with van der Waals surface area (Å²) < 4.78 is 0. The number of nitrogens with two attached hydrogens (primary N) is 1. The number of phenolic OH excluding ortho intramolecular Hbond substituents is 1. The number of aromatic hydroxyl groups is 1. The first-order valence-corrected chi connectivity index (χ1v) is 11.6. The molecule has 9 heteroatoms. The largest absolute Gasteiger partial charge is 0.508 e. The molecular weight excluding hydrogens is 426 g/mol. The Bertz CT molecular complexity index is 858. The number of nitrogens with zero attached hydrogens (tertiary/aromatic N) is 1.